The minimum absolute atomic E-state index is 0.00712. The number of carbonyl (C=O) groups excluding carboxylic acids is 3. The molecule has 10 heteroatoms. The van der Waals surface area contributed by atoms with Crippen LogP contribution in [-0.2, 0) is 20.7 Å². The number of ether oxygens (including phenoxy) is 1. The van der Waals surface area contributed by atoms with Gasteiger partial charge < -0.3 is 14.6 Å². The van der Waals surface area contributed by atoms with Crippen molar-refractivity contribution in [2.24, 2.45) is 0 Å². The van der Waals surface area contributed by atoms with E-state index in [0.717, 1.165) is 31.2 Å². The number of nitrogens with one attached hydrogen (secondary N) is 2. The standard InChI is InChI=1S/C18H22N4O5S/c23-14(20-18(25)19-13-4-2-1-3-5-13)10-26-16(24)7-6-15-21-17(22-27-15)12-8-9-28-11-12/h8-9,11,13H,1-7,10H2,(H2,19,20,23,25). The summed E-state index contributed by atoms with van der Waals surface area (Å²) in [6.07, 6.45) is 5.36. The van der Waals surface area contributed by atoms with Gasteiger partial charge in [-0.3, -0.25) is 14.9 Å². The quantitative estimate of drug-likeness (QED) is 0.677. The second-order valence-electron chi connectivity index (χ2n) is 6.54. The van der Waals surface area contributed by atoms with E-state index < -0.39 is 24.5 Å². The van der Waals surface area contributed by atoms with Crippen molar-refractivity contribution in [3.05, 3.63) is 22.7 Å². The highest BCUT2D eigenvalue weighted by atomic mass is 32.1. The maximum Gasteiger partial charge on any atom is 0.321 e. The number of hydrogen-bond acceptors (Lipinski definition) is 8. The Kier molecular flexibility index (Phi) is 7.12. The number of aryl methyl sites for hydroxylation is 1. The lowest BCUT2D eigenvalue weighted by Crippen LogP contribution is -2.46. The number of carbonyl (C=O) groups is 3. The Morgan fingerprint density at radius 3 is 2.82 bits per heavy atom. The monoisotopic (exact) mass is 406 g/mol. The third-order valence-electron chi connectivity index (χ3n) is 4.35. The van der Waals surface area contributed by atoms with Crippen LogP contribution in [0, 0.1) is 0 Å². The normalized spacial score (nSPS) is 14.4. The third-order valence-corrected chi connectivity index (χ3v) is 5.03. The summed E-state index contributed by atoms with van der Waals surface area (Å²) in [5.41, 5.74) is 0.853. The second kappa shape index (κ2) is 9.98. The molecule has 2 aromatic heterocycles. The van der Waals surface area contributed by atoms with Crippen LogP contribution < -0.4 is 10.6 Å². The molecule has 9 nitrogen and oxygen atoms in total. The molecule has 1 aliphatic carbocycles. The predicted octanol–water partition coefficient (Wildman–Crippen LogP) is 2.43. The number of hydrogen-bond donors (Lipinski definition) is 2. The number of amides is 3. The fourth-order valence-corrected chi connectivity index (χ4v) is 3.56. The van der Waals surface area contributed by atoms with E-state index in [-0.39, 0.29) is 18.9 Å². The topological polar surface area (TPSA) is 123 Å². The van der Waals surface area contributed by atoms with Gasteiger partial charge in [0.15, 0.2) is 6.61 Å². The summed E-state index contributed by atoms with van der Waals surface area (Å²) in [5, 5.41) is 12.6. The van der Waals surface area contributed by atoms with E-state index in [9.17, 15) is 14.4 Å². The molecule has 2 heterocycles. The van der Waals surface area contributed by atoms with Gasteiger partial charge >= 0.3 is 12.0 Å². The number of thiophene rings is 1. The van der Waals surface area contributed by atoms with Gasteiger partial charge in [-0.2, -0.15) is 16.3 Å². The van der Waals surface area contributed by atoms with Crippen LogP contribution in [-0.4, -0.2) is 40.7 Å². The number of imide groups is 1. The lowest BCUT2D eigenvalue weighted by molar-refractivity contribution is -0.148. The average Bonchev–Trinajstić information content (AvgIpc) is 3.37. The Morgan fingerprint density at radius 2 is 2.07 bits per heavy atom. The molecule has 1 aliphatic rings. The van der Waals surface area contributed by atoms with Gasteiger partial charge in [0, 0.05) is 23.4 Å². The zero-order chi connectivity index (χ0) is 19.8. The van der Waals surface area contributed by atoms with Crippen LogP contribution in [0.25, 0.3) is 11.4 Å². The first-order valence-electron chi connectivity index (χ1n) is 9.21. The Bertz CT molecular complexity index is 799. The van der Waals surface area contributed by atoms with Crippen LogP contribution in [0.15, 0.2) is 21.3 Å². The smallest absolute Gasteiger partial charge is 0.321 e. The molecule has 1 saturated carbocycles. The largest absolute Gasteiger partial charge is 0.456 e. The van der Waals surface area contributed by atoms with Crippen LogP contribution in [0.3, 0.4) is 0 Å². The summed E-state index contributed by atoms with van der Waals surface area (Å²) in [5.74, 6) is -0.472. The van der Waals surface area contributed by atoms with E-state index in [1.165, 1.54) is 17.8 Å². The van der Waals surface area contributed by atoms with Crippen LogP contribution in [0.5, 0.6) is 0 Å². The summed E-state index contributed by atoms with van der Waals surface area (Å²) in [6, 6.07) is 1.41. The van der Waals surface area contributed by atoms with Crippen molar-refractivity contribution in [1.82, 2.24) is 20.8 Å². The van der Waals surface area contributed by atoms with E-state index in [1.807, 2.05) is 16.8 Å². The molecule has 2 aromatic rings. The van der Waals surface area contributed by atoms with Crippen LogP contribution in [0.1, 0.15) is 44.4 Å². The molecule has 0 aromatic carbocycles. The molecule has 0 saturated heterocycles. The first kappa shape index (κ1) is 20.0. The van der Waals surface area contributed by atoms with Crippen molar-refractivity contribution in [3.8, 4) is 11.4 Å². The van der Waals surface area contributed by atoms with Gasteiger partial charge in [-0.15, -0.1) is 0 Å². The average molecular weight is 406 g/mol. The second-order valence-corrected chi connectivity index (χ2v) is 7.32. The maximum atomic E-state index is 11.8. The Morgan fingerprint density at radius 1 is 1.25 bits per heavy atom. The summed E-state index contributed by atoms with van der Waals surface area (Å²) < 4.78 is 9.97. The third kappa shape index (κ3) is 6.15. The Hall–Kier alpha value is -2.75. The van der Waals surface area contributed by atoms with Gasteiger partial charge in [0.1, 0.15) is 0 Å². The fourth-order valence-electron chi connectivity index (χ4n) is 2.92. The van der Waals surface area contributed by atoms with Gasteiger partial charge in [0.25, 0.3) is 5.91 Å². The van der Waals surface area contributed by atoms with Gasteiger partial charge in [0.2, 0.25) is 11.7 Å². The van der Waals surface area contributed by atoms with Crippen molar-refractivity contribution in [2.75, 3.05) is 6.61 Å². The highest BCUT2D eigenvalue weighted by Crippen LogP contribution is 2.19. The van der Waals surface area contributed by atoms with Crippen molar-refractivity contribution in [3.63, 3.8) is 0 Å². The molecule has 3 amide bonds. The molecule has 3 rings (SSSR count). The minimum atomic E-state index is -0.667. The van der Waals surface area contributed by atoms with Gasteiger partial charge in [0.05, 0.1) is 6.42 Å². The first-order chi connectivity index (χ1) is 13.6. The summed E-state index contributed by atoms with van der Waals surface area (Å²) in [4.78, 5) is 39.5. The highest BCUT2D eigenvalue weighted by Gasteiger charge is 2.18. The van der Waals surface area contributed by atoms with Crippen molar-refractivity contribution < 1.29 is 23.6 Å². The molecule has 1 fully saturated rings. The predicted molar refractivity (Wildman–Crippen MR) is 100 cm³/mol. The molecular weight excluding hydrogens is 384 g/mol. The molecule has 0 spiro atoms. The molecule has 0 aliphatic heterocycles. The molecule has 2 N–H and O–H groups in total. The molecule has 0 atom stereocenters. The number of aromatic nitrogens is 2. The van der Waals surface area contributed by atoms with Crippen molar-refractivity contribution >= 4 is 29.2 Å². The maximum absolute atomic E-state index is 11.8. The van der Waals surface area contributed by atoms with E-state index in [0.29, 0.717) is 11.7 Å². The molecular formula is C18H22N4O5S. The number of rotatable bonds is 7. The van der Waals surface area contributed by atoms with E-state index in [2.05, 4.69) is 20.8 Å². The van der Waals surface area contributed by atoms with Gasteiger partial charge in [-0.25, -0.2) is 4.79 Å². The molecule has 28 heavy (non-hydrogen) atoms. The summed E-state index contributed by atoms with van der Waals surface area (Å²) in [6.45, 7) is -0.513. The number of urea groups is 1. The van der Waals surface area contributed by atoms with Crippen LogP contribution >= 0.6 is 11.3 Å². The Balaban J connectivity index is 1.32. The minimum Gasteiger partial charge on any atom is -0.456 e. The highest BCUT2D eigenvalue weighted by molar-refractivity contribution is 7.08. The zero-order valence-electron chi connectivity index (χ0n) is 15.3. The summed E-state index contributed by atoms with van der Waals surface area (Å²) >= 11 is 1.52. The van der Waals surface area contributed by atoms with Gasteiger partial charge in [-0.05, 0) is 24.3 Å². The van der Waals surface area contributed by atoms with Crippen LogP contribution in [0.4, 0.5) is 4.79 Å². The SMILES string of the molecule is O=C(COC(=O)CCc1nc(-c2ccsc2)no1)NC(=O)NC1CCCCC1. The molecule has 150 valence electrons. The zero-order valence-corrected chi connectivity index (χ0v) is 16.1. The first-order valence-corrected chi connectivity index (χ1v) is 10.2. The van der Waals surface area contributed by atoms with E-state index in [4.69, 9.17) is 9.26 Å². The summed E-state index contributed by atoms with van der Waals surface area (Å²) in [7, 11) is 0. The molecule has 0 unspecified atom stereocenters. The Labute approximate surface area is 165 Å². The lowest BCUT2D eigenvalue weighted by atomic mass is 9.96. The van der Waals surface area contributed by atoms with Crippen LogP contribution in [0.2, 0.25) is 0 Å². The van der Waals surface area contributed by atoms with E-state index >= 15 is 0 Å². The van der Waals surface area contributed by atoms with Crippen molar-refractivity contribution in [2.45, 2.75) is 51.0 Å². The fraction of sp³-hybridized carbons (Fsp3) is 0.500. The number of nitrogens with zero attached hydrogens (tertiary/aromatic N) is 2. The van der Waals surface area contributed by atoms with Crippen molar-refractivity contribution in [1.29, 1.82) is 0 Å². The molecule has 0 bridgehead atoms. The molecule has 0 radical (unpaired) electrons. The lowest BCUT2D eigenvalue weighted by Gasteiger charge is -2.22. The van der Waals surface area contributed by atoms with Gasteiger partial charge in [-0.1, -0.05) is 24.4 Å². The number of esters is 1. The van der Waals surface area contributed by atoms with E-state index in [1.54, 1.807) is 0 Å².